The van der Waals surface area contributed by atoms with Gasteiger partial charge in [-0.2, -0.15) is 0 Å². The molecule has 1 heterocycles. The molecule has 3 nitrogen and oxygen atoms in total. The van der Waals surface area contributed by atoms with Crippen LogP contribution in [0.5, 0.6) is 0 Å². The van der Waals surface area contributed by atoms with Crippen LogP contribution in [-0.2, 0) is 0 Å². The summed E-state index contributed by atoms with van der Waals surface area (Å²) in [4.78, 5) is 17.1. The van der Waals surface area contributed by atoms with Crippen LogP contribution in [0, 0.1) is 0 Å². The molecule has 0 N–H and O–H groups in total. The van der Waals surface area contributed by atoms with Crippen LogP contribution in [0.25, 0.3) is 0 Å². The van der Waals surface area contributed by atoms with Gasteiger partial charge in [0, 0.05) is 37.8 Å². The van der Waals surface area contributed by atoms with Crippen LogP contribution >= 0.6 is 0 Å². The van der Waals surface area contributed by atoms with Gasteiger partial charge >= 0.3 is 0 Å². The predicted molar refractivity (Wildman–Crippen MR) is 93.6 cm³/mol. The average Bonchev–Trinajstić information content (AvgIpc) is 2.63. The molecule has 0 aliphatic carbocycles. The third kappa shape index (κ3) is 4.06. The molecule has 2 aromatic carbocycles. The Labute approximate surface area is 138 Å². The summed E-state index contributed by atoms with van der Waals surface area (Å²) in [5.41, 5.74) is 2.17. The quantitative estimate of drug-likeness (QED) is 0.792. The van der Waals surface area contributed by atoms with Crippen molar-refractivity contribution in [1.29, 1.82) is 0 Å². The molecule has 0 radical (unpaired) electrons. The van der Waals surface area contributed by atoms with E-state index >= 15 is 0 Å². The van der Waals surface area contributed by atoms with Crippen LogP contribution in [-0.4, -0.2) is 48.3 Å². The van der Waals surface area contributed by atoms with Crippen LogP contribution in [0.3, 0.4) is 0 Å². The highest BCUT2D eigenvalue weighted by Crippen LogP contribution is 2.21. The van der Waals surface area contributed by atoms with Gasteiger partial charge in [-0.15, -0.1) is 0 Å². The van der Waals surface area contributed by atoms with E-state index in [1.807, 2.05) is 30.3 Å². The van der Waals surface area contributed by atoms with E-state index in [0.29, 0.717) is 12.6 Å². The molecule has 0 bridgehead atoms. The Morgan fingerprint density at radius 1 is 0.913 bits per heavy atom. The summed E-state index contributed by atoms with van der Waals surface area (Å²) in [6.45, 7) is 6.72. The van der Waals surface area contributed by atoms with Gasteiger partial charge in [0.25, 0.3) is 0 Å². The zero-order valence-corrected chi connectivity index (χ0v) is 13.7. The SMILES string of the molecule is C[C@H](c1ccccc1)N1CCN(CC(=O)c2ccccc2)CC1. The van der Waals surface area contributed by atoms with Crippen LogP contribution in [0.2, 0.25) is 0 Å². The van der Waals surface area contributed by atoms with Crippen LogP contribution < -0.4 is 0 Å². The Hall–Kier alpha value is -1.97. The van der Waals surface area contributed by atoms with Crippen molar-refractivity contribution in [1.82, 2.24) is 9.80 Å². The van der Waals surface area contributed by atoms with Gasteiger partial charge in [0.15, 0.2) is 5.78 Å². The van der Waals surface area contributed by atoms with E-state index in [4.69, 9.17) is 0 Å². The molecule has 0 aromatic heterocycles. The fourth-order valence-electron chi connectivity index (χ4n) is 3.17. The summed E-state index contributed by atoms with van der Waals surface area (Å²) in [6.07, 6.45) is 0. The fourth-order valence-corrected chi connectivity index (χ4v) is 3.17. The molecule has 1 saturated heterocycles. The number of piperazine rings is 1. The molecular formula is C20H24N2O. The lowest BCUT2D eigenvalue weighted by atomic mass is 10.1. The number of rotatable bonds is 5. The van der Waals surface area contributed by atoms with E-state index in [2.05, 4.69) is 47.1 Å². The van der Waals surface area contributed by atoms with Gasteiger partial charge < -0.3 is 0 Å². The second-order valence-corrected chi connectivity index (χ2v) is 6.19. The van der Waals surface area contributed by atoms with Gasteiger partial charge in [-0.25, -0.2) is 0 Å². The Kier molecular flexibility index (Phi) is 5.21. The van der Waals surface area contributed by atoms with Crippen molar-refractivity contribution in [3.63, 3.8) is 0 Å². The number of Topliss-reactive ketones (excluding diaryl/α,β-unsaturated/α-hetero) is 1. The van der Waals surface area contributed by atoms with Crippen molar-refractivity contribution in [3.05, 3.63) is 71.8 Å². The molecule has 1 aliphatic heterocycles. The highest BCUT2D eigenvalue weighted by molar-refractivity contribution is 5.97. The zero-order chi connectivity index (χ0) is 16.1. The van der Waals surface area contributed by atoms with Crippen molar-refractivity contribution >= 4 is 5.78 Å². The first-order valence-electron chi connectivity index (χ1n) is 8.33. The molecule has 0 saturated carbocycles. The third-order valence-corrected chi connectivity index (χ3v) is 4.70. The minimum absolute atomic E-state index is 0.218. The molecule has 3 rings (SSSR count). The van der Waals surface area contributed by atoms with Gasteiger partial charge in [0.2, 0.25) is 0 Å². The smallest absolute Gasteiger partial charge is 0.176 e. The summed E-state index contributed by atoms with van der Waals surface area (Å²) >= 11 is 0. The highest BCUT2D eigenvalue weighted by atomic mass is 16.1. The van der Waals surface area contributed by atoms with Crippen molar-refractivity contribution < 1.29 is 4.79 Å². The maximum atomic E-state index is 12.3. The summed E-state index contributed by atoms with van der Waals surface area (Å²) < 4.78 is 0. The van der Waals surface area contributed by atoms with Crippen molar-refractivity contribution in [2.24, 2.45) is 0 Å². The Morgan fingerprint density at radius 2 is 1.48 bits per heavy atom. The second-order valence-electron chi connectivity index (χ2n) is 6.19. The number of benzene rings is 2. The fraction of sp³-hybridized carbons (Fsp3) is 0.350. The first-order chi connectivity index (χ1) is 11.2. The first-order valence-corrected chi connectivity index (χ1v) is 8.33. The highest BCUT2D eigenvalue weighted by Gasteiger charge is 2.23. The zero-order valence-electron chi connectivity index (χ0n) is 13.7. The molecule has 0 amide bonds. The van der Waals surface area contributed by atoms with Crippen LogP contribution in [0.4, 0.5) is 0 Å². The summed E-state index contributed by atoms with van der Waals surface area (Å²) in [5, 5.41) is 0. The van der Waals surface area contributed by atoms with E-state index in [1.54, 1.807) is 0 Å². The van der Waals surface area contributed by atoms with Gasteiger partial charge in [-0.3, -0.25) is 14.6 Å². The number of hydrogen-bond donors (Lipinski definition) is 0. The summed E-state index contributed by atoms with van der Waals surface area (Å²) in [7, 11) is 0. The van der Waals surface area contributed by atoms with E-state index in [-0.39, 0.29) is 5.78 Å². The van der Waals surface area contributed by atoms with Gasteiger partial charge in [-0.05, 0) is 12.5 Å². The minimum Gasteiger partial charge on any atom is -0.294 e. The normalized spacial score (nSPS) is 17.8. The van der Waals surface area contributed by atoms with E-state index in [1.165, 1.54) is 5.56 Å². The van der Waals surface area contributed by atoms with Crippen molar-refractivity contribution in [3.8, 4) is 0 Å². The number of carbonyl (C=O) groups excluding carboxylic acids is 1. The maximum Gasteiger partial charge on any atom is 0.176 e. The molecule has 120 valence electrons. The van der Waals surface area contributed by atoms with E-state index in [9.17, 15) is 4.79 Å². The average molecular weight is 308 g/mol. The number of hydrogen-bond acceptors (Lipinski definition) is 3. The molecule has 1 aliphatic rings. The minimum atomic E-state index is 0.218. The lowest BCUT2D eigenvalue weighted by molar-refractivity contribution is 0.0788. The topological polar surface area (TPSA) is 23.6 Å². The lowest BCUT2D eigenvalue weighted by Crippen LogP contribution is -2.48. The summed E-state index contributed by atoms with van der Waals surface area (Å²) in [5.74, 6) is 0.218. The predicted octanol–water partition coefficient (Wildman–Crippen LogP) is 3.25. The molecular weight excluding hydrogens is 284 g/mol. The Balaban J connectivity index is 1.52. The molecule has 0 unspecified atom stereocenters. The molecule has 23 heavy (non-hydrogen) atoms. The van der Waals surface area contributed by atoms with Crippen molar-refractivity contribution in [2.45, 2.75) is 13.0 Å². The Morgan fingerprint density at radius 3 is 2.09 bits per heavy atom. The van der Waals surface area contributed by atoms with Crippen LogP contribution in [0.1, 0.15) is 28.9 Å². The van der Waals surface area contributed by atoms with Crippen molar-refractivity contribution in [2.75, 3.05) is 32.7 Å². The summed E-state index contributed by atoms with van der Waals surface area (Å²) in [6, 6.07) is 20.7. The third-order valence-electron chi connectivity index (χ3n) is 4.70. The maximum absolute atomic E-state index is 12.3. The largest absolute Gasteiger partial charge is 0.294 e. The van der Waals surface area contributed by atoms with Gasteiger partial charge in [0.05, 0.1) is 6.54 Å². The monoisotopic (exact) mass is 308 g/mol. The first kappa shape index (κ1) is 15.9. The molecule has 3 heteroatoms. The standard InChI is InChI=1S/C20H24N2O/c1-17(18-8-4-2-5-9-18)22-14-12-21(13-15-22)16-20(23)19-10-6-3-7-11-19/h2-11,17H,12-16H2,1H3/t17-/m1/s1. The molecule has 1 fully saturated rings. The second kappa shape index (κ2) is 7.53. The number of carbonyl (C=O) groups is 1. The molecule has 0 spiro atoms. The molecule has 1 atom stereocenters. The van der Waals surface area contributed by atoms with Gasteiger partial charge in [-0.1, -0.05) is 60.7 Å². The van der Waals surface area contributed by atoms with E-state index in [0.717, 1.165) is 31.7 Å². The number of ketones is 1. The van der Waals surface area contributed by atoms with Gasteiger partial charge in [0.1, 0.15) is 0 Å². The Bertz CT molecular complexity index is 619. The lowest BCUT2D eigenvalue weighted by Gasteiger charge is -2.38. The molecule has 2 aromatic rings. The van der Waals surface area contributed by atoms with E-state index < -0.39 is 0 Å². The van der Waals surface area contributed by atoms with Crippen LogP contribution in [0.15, 0.2) is 60.7 Å². The number of nitrogens with zero attached hydrogens (tertiary/aromatic N) is 2.